The van der Waals surface area contributed by atoms with E-state index >= 15 is 0 Å². The maximum Gasteiger partial charge on any atom is 0.0940 e. The molecule has 0 bridgehead atoms. The van der Waals surface area contributed by atoms with Gasteiger partial charge in [-0.05, 0) is 36.1 Å². The summed E-state index contributed by atoms with van der Waals surface area (Å²) < 4.78 is 0. The number of hydrogen-bond acceptors (Lipinski definition) is 2. The van der Waals surface area contributed by atoms with Crippen molar-refractivity contribution in [1.29, 1.82) is 5.26 Å². The van der Waals surface area contributed by atoms with Gasteiger partial charge in [0.1, 0.15) is 0 Å². The van der Waals surface area contributed by atoms with Crippen molar-refractivity contribution in [1.82, 2.24) is 10.2 Å². The number of rotatable bonds is 4. The molecule has 0 saturated carbocycles. The van der Waals surface area contributed by atoms with Crippen LogP contribution in [-0.2, 0) is 6.42 Å². The molecule has 1 aromatic carbocycles. The maximum atomic E-state index is 8.72. The van der Waals surface area contributed by atoms with Crippen molar-refractivity contribution in [3.63, 3.8) is 0 Å². The Hall–Kier alpha value is -2.05. The Kier molecular flexibility index (Phi) is 3.81. The van der Waals surface area contributed by atoms with Crippen LogP contribution in [0.3, 0.4) is 0 Å². The summed E-state index contributed by atoms with van der Waals surface area (Å²) in [4.78, 5) is 0. The van der Waals surface area contributed by atoms with Crippen molar-refractivity contribution in [2.75, 3.05) is 0 Å². The Bertz CT molecular complexity index is 594. The summed E-state index contributed by atoms with van der Waals surface area (Å²) in [6.07, 6.45) is 5.01. The van der Waals surface area contributed by atoms with Gasteiger partial charge < -0.3 is 0 Å². The van der Waals surface area contributed by atoms with Crippen molar-refractivity contribution in [2.45, 2.75) is 12.8 Å². The van der Waals surface area contributed by atoms with Crippen molar-refractivity contribution in [2.24, 2.45) is 0 Å². The van der Waals surface area contributed by atoms with E-state index < -0.39 is 0 Å². The number of benzene rings is 1. The zero-order valence-corrected chi connectivity index (χ0v) is 10.5. The fraction of sp³-hybridized carbons (Fsp3) is 0.143. The third-order valence-corrected chi connectivity index (χ3v) is 2.97. The van der Waals surface area contributed by atoms with Crippen molar-refractivity contribution < 1.29 is 0 Å². The van der Waals surface area contributed by atoms with Gasteiger partial charge in [-0.15, -0.1) is 0 Å². The van der Waals surface area contributed by atoms with Crippen LogP contribution >= 0.6 is 11.6 Å². The highest BCUT2D eigenvalue weighted by molar-refractivity contribution is 6.30. The number of halogens is 1. The minimum Gasteiger partial charge on any atom is -0.285 e. The molecule has 0 fully saturated rings. The fourth-order valence-corrected chi connectivity index (χ4v) is 1.95. The molecule has 4 heteroatoms. The third kappa shape index (κ3) is 2.79. The van der Waals surface area contributed by atoms with Crippen molar-refractivity contribution >= 4 is 11.6 Å². The molecule has 0 saturated heterocycles. The summed E-state index contributed by atoms with van der Waals surface area (Å²) in [7, 11) is 0. The van der Waals surface area contributed by atoms with E-state index in [1.54, 1.807) is 6.20 Å². The molecule has 0 unspecified atom stereocenters. The molecule has 1 N–H and O–H groups in total. The molecule has 1 heterocycles. The second-order valence-electron chi connectivity index (χ2n) is 4.00. The van der Waals surface area contributed by atoms with Crippen LogP contribution < -0.4 is 0 Å². The Balaban J connectivity index is 2.30. The third-order valence-electron chi connectivity index (χ3n) is 2.74. The van der Waals surface area contributed by atoms with Gasteiger partial charge in [0.05, 0.1) is 12.3 Å². The van der Waals surface area contributed by atoms with E-state index in [2.05, 4.69) is 22.8 Å². The molecule has 1 aromatic heterocycles. The summed E-state index contributed by atoms with van der Waals surface area (Å²) >= 11 is 6.02. The summed E-state index contributed by atoms with van der Waals surface area (Å²) in [6, 6.07) is 7.81. The van der Waals surface area contributed by atoms with Gasteiger partial charge in [0.15, 0.2) is 0 Å². The molecule has 0 amide bonds. The number of nitrogens with zero attached hydrogens (tertiary/aromatic N) is 2. The molecule has 18 heavy (non-hydrogen) atoms. The Morgan fingerprint density at radius 3 is 3.00 bits per heavy atom. The Morgan fingerprint density at radius 1 is 1.50 bits per heavy atom. The van der Waals surface area contributed by atoms with E-state index in [-0.39, 0.29) is 0 Å². The first-order valence-electron chi connectivity index (χ1n) is 5.56. The molecule has 0 aliphatic heterocycles. The normalized spacial score (nSPS) is 10.0. The zero-order chi connectivity index (χ0) is 13.0. The molecule has 2 aromatic rings. The van der Waals surface area contributed by atoms with Gasteiger partial charge >= 0.3 is 0 Å². The largest absolute Gasteiger partial charge is 0.285 e. The number of aromatic amines is 1. The molecule has 0 aliphatic carbocycles. The van der Waals surface area contributed by atoms with Crippen LogP contribution in [0.5, 0.6) is 0 Å². The van der Waals surface area contributed by atoms with Gasteiger partial charge in [-0.25, -0.2) is 0 Å². The molecular weight excluding hydrogens is 246 g/mol. The number of aryl methyl sites for hydroxylation is 1. The van der Waals surface area contributed by atoms with Crippen LogP contribution in [-0.4, -0.2) is 10.2 Å². The van der Waals surface area contributed by atoms with Gasteiger partial charge in [-0.2, -0.15) is 10.4 Å². The molecule has 2 rings (SSSR count). The zero-order valence-electron chi connectivity index (χ0n) is 9.78. The fourth-order valence-electron chi connectivity index (χ4n) is 1.78. The van der Waals surface area contributed by atoms with Crippen LogP contribution in [0.4, 0.5) is 0 Å². The first kappa shape index (κ1) is 12.4. The number of nitriles is 1. The van der Waals surface area contributed by atoms with Crippen LogP contribution in [0.15, 0.2) is 42.7 Å². The van der Waals surface area contributed by atoms with Crippen LogP contribution in [0.2, 0.25) is 5.02 Å². The molecule has 0 spiro atoms. The average Bonchev–Trinajstić information content (AvgIpc) is 2.90. The predicted molar refractivity (Wildman–Crippen MR) is 72.1 cm³/mol. The monoisotopic (exact) mass is 257 g/mol. The summed E-state index contributed by atoms with van der Waals surface area (Å²) in [5.74, 6) is 0. The number of nitrogens with one attached hydrogen (secondary N) is 1. The molecular formula is C14H12ClN3. The smallest absolute Gasteiger partial charge is 0.0940 e. The topological polar surface area (TPSA) is 52.5 Å². The predicted octanol–water partition coefficient (Wildman–Crippen LogP) is 3.74. The molecule has 3 nitrogen and oxygen atoms in total. The van der Waals surface area contributed by atoms with E-state index in [0.717, 1.165) is 23.1 Å². The highest BCUT2D eigenvalue weighted by atomic mass is 35.5. The van der Waals surface area contributed by atoms with Gasteiger partial charge in [-0.1, -0.05) is 24.2 Å². The quantitative estimate of drug-likeness (QED) is 0.849. The van der Waals surface area contributed by atoms with E-state index in [9.17, 15) is 0 Å². The number of H-pyrrole nitrogens is 1. The first-order valence-corrected chi connectivity index (χ1v) is 5.94. The van der Waals surface area contributed by atoms with Crippen molar-refractivity contribution in [3.05, 3.63) is 53.3 Å². The van der Waals surface area contributed by atoms with Crippen LogP contribution in [0.1, 0.15) is 12.0 Å². The summed E-state index contributed by atoms with van der Waals surface area (Å²) in [5.41, 5.74) is 3.76. The number of hydrogen-bond donors (Lipinski definition) is 1. The lowest BCUT2D eigenvalue weighted by atomic mass is 9.97. The van der Waals surface area contributed by atoms with Crippen LogP contribution in [0.25, 0.3) is 11.1 Å². The summed E-state index contributed by atoms with van der Waals surface area (Å²) in [6.45, 7) is 3.69. The Labute approximate surface area is 111 Å². The molecule has 0 atom stereocenters. The minimum absolute atomic E-state index is 0.586. The average molecular weight is 258 g/mol. The lowest BCUT2D eigenvalue weighted by molar-refractivity contribution is 0.974. The van der Waals surface area contributed by atoms with Gasteiger partial charge in [0.2, 0.25) is 0 Å². The highest BCUT2D eigenvalue weighted by Crippen LogP contribution is 2.27. The van der Waals surface area contributed by atoms with E-state index in [0.29, 0.717) is 17.0 Å². The lowest BCUT2D eigenvalue weighted by Crippen LogP contribution is -1.91. The first-order chi connectivity index (χ1) is 8.70. The van der Waals surface area contributed by atoms with Crippen molar-refractivity contribution in [3.8, 4) is 17.2 Å². The number of aromatic nitrogens is 2. The SMILES string of the molecule is C=C(C#N)CCc1ccc(Cl)cc1-c1cn[nH]c1. The standard InChI is InChI=1S/C14H12ClN3/c1-10(7-16)2-3-11-4-5-13(15)6-14(11)12-8-17-18-9-12/h4-6,8-9H,1-3H2,(H,17,18). The molecule has 0 aliphatic rings. The number of allylic oxidation sites excluding steroid dienone is 1. The minimum atomic E-state index is 0.586. The highest BCUT2D eigenvalue weighted by Gasteiger charge is 2.07. The Morgan fingerprint density at radius 2 is 2.33 bits per heavy atom. The van der Waals surface area contributed by atoms with E-state index in [4.69, 9.17) is 16.9 Å². The second kappa shape index (κ2) is 5.52. The van der Waals surface area contributed by atoms with Crippen LogP contribution in [0, 0.1) is 11.3 Å². The summed E-state index contributed by atoms with van der Waals surface area (Å²) in [5, 5.41) is 16.1. The molecule has 0 radical (unpaired) electrons. The molecule has 90 valence electrons. The van der Waals surface area contributed by atoms with E-state index in [1.165, 1.54) is 0 Å². The van der Waals surface area contributed by atoms with Gasteiger partial charge in [0.25, 0.3) is 0 Å². The van der Waals surface area contributed by atoms with Gasteiger partial charge in [0, 0.05) is 22.4 Å². The van der Waals surface area contributed by atoms with E-state index in [1.807, 2.05) is 24.4 Å². The maximum absolute atomic E-state index is 8.72. The lowest BCUT2D eigenvalue weighted by Gasteiger charge is -2.08. The second-order valence-corrected chi connectivity index (χ2v) is 4.44. The van der Waals surface area contributed by atoms with Gasteiger partial charge in [-0.3, -0.25) is 5.10 Å².